The summed E-state index contributed by atoms with van der Waals surface area (Å²) < 4.78 is 0. The Balaban J connectivity index is 1.76. The van der Waals surface area contributed by atoms with E-state index in [2.05, 4.69) is 18.8 Å². The van der Waals surface area contributed by atoms with Gasteiger partial charge in [0.1, 0.15) is 11.0 Å². The van der Waals surface area contributed by atoms with Crippen LogP contribution in [0.4, 0.5) is 0 Å². The third-order valence-corrected chi connectivity index (χ3v) is 5.54. The summed E-state index contributed by atoms with van der Waals surface area (Å²) in [5.41, 5.74) is 2.45. The lowest BCUT2D eigenvalue weighted by molar-refractivity contribution is 0.254. The van der Waals surface area contributed by atoms with Gasteiger partial charge >= 0.3 is 0 Å². The normalized spacial score (nSPS) is 26.6. The fourth-order valence-corrected chi connectivity index (χ4v) is 4.08. The molecule has 3 heteroatoms. The van der Waals surface area contributed by atoms with Crippen LogP contribution in [-0.4, -0.2) is 9.97 Å². The molecule has 1 saturated carbocycles. The fraction of sp³-hybridized carbons (Fsp3) is 0.765. The van der Waals surface area contributed by atoms with Gasteiger partial charge in [-0.2, -0.15) is 0 Å². The van der Waals surface area contributed by atoms with Gasteiger partial charge in [0, 0.05) is 17.2 Å². The molecule has 0 spiro atoms. The summed E-state index contributed by atoms with van der Waals surface area (Å²) in [4.78, 5) is 9.51. The quantitative estimate of drug-likeness (QED) is 0.722. The predicted octanol–water partition coefficient (Wildman–Crippen LogP) is 4.94. The molecule has 0 aromatic carbocycles. The van der Waals surface area contributed by atoms with Gasteiger partial charge in [0.25, 0.3) is 0 Å². The molecule has 0 unspecified atom stereocenters. The lowest BCUT2D eigenvalue weighted by Crippen LogP contribution is -2.20. The zero-order chi connectivity index (χ0) is 14.1. The molecule has 110 valence electrons. The van der Waals surface area contributed by atoms with E-state index in [0.29, 0.717) is 5.92 Å². The zero-order valence-electron chi connectivity index (χ0n) is 12.7. The van der Waals surface area contributed by atoms with Crippen molar-refractivity contribution in [2.24, 2.45) is 11.8 Å². The fourth-order valence-electron chi connectivity index (χ4n) is 3.79. The molecular weight excluding hydrogens is 268 g/mol. The van der Waals surface area contributed by atoms with E-state index < -0.39 is 0 Å². The van der Waals surface area contributed by atoms with Crippen LogP contribution in [0.25, 0.3) is 0 Å². The van der Waals surface area contributed by atoms with Crippen LogP contribution in [0, 0.1) is 11.8 Å². The monoisotopic (exact) mass is 292 g/mol. The lowest BCUT2D eigenvalue weighted by Gasteiger charge is -2.30. The Morgan fingerprint density at radius 2 is 1.70 bits per heavy atom. The van der Waals surface area contributed by atoms with Gasteiger partial charge in [-0.1, -0.05) is 25.4 Å². The number of hydrogen-bond donors (Lipinski definition) is 0. The highest BCUT2D eigenvalue weighted by Crippen LogP contribution is 2.38. The molecular formula is C17H25ClN2. The summed E-state index contributed by atoms with van der Waals surface area (Å²) in [7, 11) is 0. The zero-order valence-corrected chi connectivity index (χ0v) is 13.4. The minimum Gasteiger partial charge on any atom is -0.237 e. The van der Waals surface area contributed by atoms with Crippen LogP contribution < -0.4 is 0 Å². The van der Waals surface area contributed by atoms with Crippen molar-refractivity contribution in [3.8, 4) is 0 Å². The van der Waals surface area contributed by atoms with E-state index in [1.165, 1.54) is 49.8 Å². The largest absolute Gasteiger partial charge is 0.237 e. The number of rotatable bonds is 2. The van der Waals surface area contributed by atoms with Gasteiger partial charge in [-0.3, -0.25) is 0 Å². The van der Waals surface area contributed by atoms with Crippen LogP contribution >= 0.6 is 11.6 Å². The van der Waals surface area contributed by atoms with Crippen LogP contribution in [0.1, 0.15) is 75.4 Å². The number of halogens is 1. The Morgan fingerprint density at radius 3 is 2.40 bits per heavy atom. The Morgan fingerprint density at radius 1 is 1.00 bits per heavy atom. The molecule has 0 atom stereocenters. The number of aryl methyl sites for hydroxylation is 1. The molecule has 0 saturated heterocycles. The van der Waals surface area contributed by atoms with Gasteiger partial charge in [-0.15, -0.1) is 0 Å². The molecule has 1 fully saturated rings. The van der Waals surface area contributed by atoms with E-state index in [4.69, 9.17) is 16.6 Å². The van der Waals surface area contributed by atoms with Gasteiger partial charge in [0.05, 0.1) is 0 Å². The molecule has 2 aliphatic rings. The third kappa shape index (κ3) is 2.86. The Hall–Kier alpha value is -0.630. The molecule has 2 nitrogen and oxygen atoms in total. The molecule has 1 aromatic heterocycles. The van der Waals surface area contributed by atoms with Gasteiger partial charge in [-0.25, -0.2) is 9.97 Å². The average Bonchev–Trinajstić information content (AvgIpc) is 2.47. The second-order valence-corrected chi connectivity index (χ2v) is 7.22. The van der Waals surface area contributed by atoms with Crippen LogP contribution in [0.5, 0.6) is 0 Å². The number of aromatic nitrogens is 2. The van der Waals surface area contributed by atoms with Crippen LogP contribution in [0.3, 0.4) is 0 Å². The Bertz CT molecular complexity index is 476. The molecule has 0 N–H and O–H groups in total. The van der Waals surface area contributed by atoms with Crippen molar-refractivity contribution in [2.75, 3.05) is 0 Å². The molecule has 1 aromatic rings. The van der Waals surface area contributed by atoms with Crippen molar-refractivity contribution in [3.05, 3.63) is 22.2 Å². The van der Waals surface area contributed by atoms with Crippen LogP contribution in [0.2, 0.25) is 5.15 Å². The molecule has 20 heavy (non-hydrogen) atoms. The summed E-state index contributed by atoms with van der Waals surface area (Å²) >= 11 is 6.39. The van der Waals surface area contributed by atoms with E-state index in [1.807, 2.05) is 0 Å². The standard InChI is InChI=1S/C17H25ClN2/c1-11(2)12-7-9-13(10-8-12)17-19-15-6-4-3-5-14(15)16(18)20-17/h11-13H,3-10H2,1-2H3. The van der Waals surface area contributed by atoms with Gasteiger partial charge in [0.2, 0.25) is 0 Å². The summed E-state index contributed by atoms with van der Waals surface area (Å²) in [6.07, 6.45) is 9.74. The topological polar surface area (TPSA) is 25.8 Å². The Kier molecular flexibility index (Phi) is 4.30. The molecule has 0 radical (unpaired) electrons. The predicted molar refractivity (Wildman–Crippen MR) is 83.2 cm³/mol. The van der Waals surface area contributed by atoms with Crippen molar-refractivity contribution in [2.45, 2.75) is 71.1 Å². The number of hydrogen-bond acceptors (Lipinski definition) is 2. The third-order valence-electron chi connectivity index (χ3n) is 5.23. The first-order valence-electron chi connectivity index (χ1n) is 8.20. The van der Waals surface area contributed by atoms with E-state index in [0.717, 1.165) is 35.7 Å². The molecule has 0 bridgehead atoms. The minimum atomic E-state index is 0.537. The van der Waals surface area contributed by atoms with Crippen molar-refractivity contribution < 1.29 is 0 Å². The second kappa shape index (κ2) is 6.01. The summed E-state index contributed by atoms with van der Waals surface area (Å²) in [5.74, 6) is 3.26. The first kappa shape index (κ1) is 14.3. The first-order chi connectivity index (χ1) is 9.65. The Labute approximate surface area is 127 Å². The first-order valence-corrected chi connectivity index (χ1v) is 8.58. The average molecular weight is 293 g/mol. The highest BCUT2D eigenvalue weighted by atomic mass is 35.5. The maximum atomic E-state index is 6.39. The van der Waals surface area contributed by atoms with E-state index in [-0.39, 0.29) is 0 Å². The summed E-state index contributed by atoms with van der Waals surface area (Å²) in [6.45, 7) is 4.69. The van der Waals surface area contributed by atoms with Crippen molar-refractivity contribution in [3.63, 3.8) is 0 Å². The number of fused-ring (bicyclic) bond motifs is 1. The minimum absolute atomic E-state index is 0.537. The summed E-state index contributed by atoms with van der Waals surface area (Å²) in [6, 6.07) is 0. The molecule has 0 aliphatic heterocycles. The van der Waals surface area contributed by atoms with E-state index in [1.54, 1.807) is 0 Å². The van der Waals surface area contributed by atoms with Gasteiger partial charge in [0.15, 0.2) is 0 Å². The molecule has 1 heterocycles. The van der Waals surface area contributed by atoms with Gasteiger partial charge < -0.3 is 0 Å². The molecule has 0 amide bonds. The highest BCUT2D eigenvalue weighted by Gasteiger charge is 2.27. The lowest BCUT2D eigenvalue weighted by atomic mass is 9.76. The molecule has 2 aliphatic carbocycles. The van der Waals surface area contributed by atoms with E-state index >= 15 is 0 Å². The smallest absolute Gasteiger partial charge is 0.136 e. The van der Waals surface area contributed by atoms with E-state index in [9.17, 15) is 0 Å². The second-order valence-electron chi connectivity index (χ2n) is 6.86. The van der Waals surface area contributed by atoms with Crippen LogP contribution in [0.15, 0.2) is 0 Å². The number of nitrogens with zero attached hydrogens (tertiary/aromatic N) is 2. The maximum absolute atomic E-state index is 6.39. The van der Waals surface area contributed by atoms with Crippen molar-refractivity contribution in [1.82, 2.24) is 9.97 Å². The maximum Gasteiger partial charge on any atom is 0.136 e. The summed E-state index contributed by atoms with van der Waals surface area (Å²) in [5, 5.41) is 0.732. The van der Waals surface area contributed by atoms with Crippen molar-refractivity contribution in [1.29, 1.82) is 0 Å². The van der Waals surface area contributed by atoms with Crippen LogP contribution in [-0.2, 0) is 12.8 Å². The van der Waals surface area contributed by atoms with Crippen molar-refractivity contribution >= 4 is 11.6 Å². The molecule has 3 rings (SSSR count). The van der Waals surface area contributed by atoms with Gasteiger partial charge in [-0.05, 0) is 63.2 Å². The highest BCUT2D eigenvalue weighted by molar-refractivity contribution is 6.30. The SMILES string of the molecule is CC(C)C1CCC(c2nc(Cl)c3c(n2)CCCC3)CC1.